The summed E-state index contributed by atoms with van der Waals surface area (Å²) in [6.07, 6.45) is 1.36. The molecular weight excluding hydrogens is 414 g/mol. The van der Waals surface area contributed by atoms with E-state index in [4.69, 9.17) is 4.74 Å². The van der Waals surface area contributed by atoms with Gasteiger partial charge in [-0.05, 0) is 29.8 Å². The summed E-state index contributed by atoms with van der Waals surface area (Å²) in [4.78, 5) is 36.0. The molecule has 9 heteroatoms. The van der Waals surface area contributed by atoms with E-state index >= 15 is 0 Å². The number of benzene rings is 2. The number of nitrogens with zero attached hydrogens (tertiary/aromatic N) is 4. The zero-order valence-electron chi connectivity index (χ0n) is 17.1. The van der Waals surface area contributed by atoms with Gasteiger partial charge in [-0.15, -0.1) is 0 Å². The van der Waals surface area contributed by atoms with Gasteiger partial charge in [0.15, 0.2) is 10.8 Å². The predicted octanol–water partition coefficient (Wildman–Crippen LogP) is 3.14. The quantitative estimate of drug-likeness (QED) is 0.480. The Bertz CT molecular complexity index is 1250. The van der Waals surface area contributed by atoms with Gasteiger partial charge in [0.1, 0.15) is 23.3 Å². The average molecular weight is 436 g/mol. The lowest BCUT2D eigenvalue weighted by Gasteiger charge is -2.15. The van der Waals surface area contributed by atoms with Crippen LogP contribution < -0.4 is 20.5 Å². The Morgan fingerprint density at radius 1 is 1.16 bits per heavy atom. The first kappa shape index (κ1) is 20.5. The highest BCUT2D eigenvalue weighted by Crippen LogP contribution is 2.25. The average Bonchev–Trinajstić information content (AvgIpc) is 3.22. The van der Waals surface area contributed by atoms with Crippen LogP contribution in [0.5, 0.6) is 5.75 Å². The van der Waals surface area contributed by atoms with Gasteiger partial charge in [0.2, 0.25) is 5.91 Å². The van der Waals surface area contributed by atoms with Crippen LogP contribution in [0.3, 0.4) is 0 Å². The molecule has 2 heterocycles. The van der Waals surface area contributed by atoms with Gasteiger partial charge in [-0.3, -0.25) is 14.2 Å². The minimum Gasteiger partial charge on any atom is -0.497 e. The monoisotopic (exact) mass is 435 g/mol. The van der Waals surface area contributed by atoms with E-state index in [1.54, 1.807) is 31.4 Å². The summed E-state index contributed by atoms with van der Waals surface area (Å²) in [5.41, 5.74) is 1.86. The van der Waals surface area contributed by atoms with Crippen molar-refractivity contribution in [3.63, 3.8) is 0 Å². The summed E-state index contributed by atoms with van der Waals surface area (Å²) >= 11 is 1.27. The second-order valence-electron chi connectivity index (χ2n) is 6.95. The fourth-order valence-corrected chi connectivity index (χ4v) is 3.99. The lowest BCUT2D eigenvalue weighted by atomic mass is 10.2. The number of amides is 1. The van der Waals surface area contributed by atoms with Crippen molar-refractivity contribution < 1.29 is 9.53 Å². The number of thiazole rings is 1. The molecule has 1 N–H and O–H groups in total. The van der Waals surface area contributed by atoms with Gasteiger partial charge < -0.3 is 15.0 Å². The zero-order valence-corrected chi connectivity index (χ0v) is 17.9. The number of nitrogens with one attached hydrogen (secondary N) is 1. The molecule has 0 aliphatic heterocycles. The Morgan fingerprint density at radius 3 is 2.61 bits per heavy atom. The molecular formula is C22H21N5O3S. The maximum Gasteiger partial charge on any atom is 0.273 e. The Kier molecular flexibility index (Phi) is 5.94. The first-order valence-corrected chi connectivity index (χ1v) is 10.4. The van der Waals surface area contributed by atoms with Gasteiger partial charge in [0.25, 0.3) is 5.56 Å². The van der Waals surface area contributed by atoms with Crippen molar-refractivity contribution >= 4 is 38.4 Å². The standard InChI is InChI=1S/C22H21N5O3S/c1-26(12-15-6-4-3-5-7-15)22-25-20-19(31-22)21(29)27(14-23-20)13-18(28)24-16-8-10-17(30-2)11-9-16/h3-11,14H,12-13H2,1-2H3,(H,24,28). The zero-order chi connectivity index (χ0) is 21.8. The van der Waals surface area contributed by atoms with Gasteiger partial charge in [0, 0.05) is 19.3 Å². The smallest absolute Gasteiger partial charge is 0.273 e. The second kappa shape index (κ2) is 8.97. The summed E-state index contributed by atoms with van der Waals surface area (Å²) in [5, 5.41) is 3.46. The lowest BCUT2D eigenvalue weighted by Crippen LogP contribution is -2.27. The maximum atomic E-state index is 12.9. The van der Waals surface area contributed by atoms with Crippen LogP contribution in [0.15, 0.2) is 65.7 Å². The fourth-order valence-electron chi connectivity index (χ4n) is 3.07. The fraction of sp³-hybridized carbons (Fsp3) is 0.182. The number of rotatable bonds is 7. The van der Waals surface area contributed by atoms with Crippen molar-refractivity contribution in [2.45, 2.75) is 13.1 Å². The normalized spacial score (nSPS) is 10.8. The second-order valence-corrected chi connectivity index (χ2v) is 7.92. The van der Waals surface area contributed by atoms with Crippen LogP contribution in [0.2, 0.25) is 0 Å². The Balaban J connectivity index is 1.49. The summed E-state index contributed by atoms with van der Waals surface area (Å²) < 4.78 is 6.82. The third-order valence-electron chi connectivity index (χ3n) is 4.65. The third kappa shape index (κ3) is 4.72. The first-order chi connectivity index (χ1) is 15.0. The SMILES string of the molecule is COc1ccc(NC(=O)Cn2cnc3nc(N(C)Cc4ccccc4)sc3c2=O)cc1. The van der Waals surface area contributed by atoms with Crippen LogP contribution >= 0.6 is 11.3 Å². The molecule has 4 rings (SSSR count). The molecule has 31 heavy (non-hydrogen) atoms. The predicted molar refractivity (Wildman–Crippen MR) is 122 cm³/mol. The highest BCUT2D eigenvalue weighted by atomic mass is 32.1. The molecule has 0 unspecified atom stereocenters. The Hall–Kier alpha value is -3.72. The number of fused-ring (bicyclic) bond motifs is 1. The minimum absolute atomic E-state index is 0.138. The van der Waals surface area contributed by atoms with Gasteiger partial charge in [0.05, 0.1) is 7.11 Å². The molecule has 0 bridgehead atoms. The van der Waals surface area contributed by atoms with E-state index in [1.165, 1.54) is 22.2 Å². The van der Waals surface area contributed by atoms with Crippen molar-refractivity contribution in [3.8, 4) is 5.75 Å². The van der Waals surface area contributed by atoms with Crippen LogP contribution in [0.25, 0.3) is 10.3 Å². The number of carbonyl (C=O) groups excluding carboxylic acids is 1. The van der Waals surface area contributed by atoms with Crippen LogP contribution in [0.1, 0.15) is 5.56 Å². The molecule has 2 aromatic heterocycles. The van der Waals surface area contributed by atoms with Crippen LogP contribution in [0.4, 0.5) is 10.8 Å². The topological polar surface area (TPSA) is 89.3 Å². The number of methoxy groups -OCH3 is 1. The van der Waals surface area contributed by atoms with E-state index in [0.29, 0.717) is 33.5 Å². The van der Waals surface area contributed by atoms with E-state index < -0.39 is 0 Å². The van der Waals surface area contributed by atoms with Gasteiger partial charge in [-0.2, -0.15) is 4.98 Å². The highest BCUT2D eigenvalue weighted by molar-refractivity contribution is 7.22. The maximum absolute atomic E-state index is 12.9. The van der Waals surface area contributed by atoms with E-state index in [9.17, 15) is 9.59 Å². The largest absolute Gasteiger partial charge is 0.497 e. The van der Waals surface area contributed by atoms with E-state index in [1.807, 2.05) is 42.3 Å². The van der Waals surface area contributed by atoms with Crippen molar-refractivity contribution in [2.75, 3.05) is 24.4 Å². The van der Waals surface area contributed by atoms with Crippen molar-refractivity contribution in [1.29, 1.82) is 0 Å². The number of carbonyl (C=O) groups is 1. The van der Waals surface area contributed by atoms with E-state index in [-0.39, 0.29) is 18.0 Å². The number of aromatic nitrogens is 3. The summed E-state index contributed by atoms with van der Waals surface area (Å²) in [5.74, 6) is 0.376. The minimum atomic E-state index is -0.320. The van der Waals surface area contributed by atoms with Crippen molar-refractivity contribution in [1.82, 2.24) is 14.5 Å². The number of ether oxygens (including phenoxy) is 1. The molecule has 0 saturated carbocycles. The van der Waals surface area contributed by atoms with Gasteiger partial charge >= 0.3 is 0 Å². The van der Waals surface area contributed by atoms with E-state index in [2.05, 4.69) is 15.3 Å². The van der Waals surface area contributed by atoms with Crippen molar-refractivity contribution in [2.24, 2.45) is 0 Å². The molecule has 0 saturated heterocycles. The molecule has 0 atom stereocenters. The number of anilines is 2. The molecule has 2 aromatic carbocycles. The lowest BCUT2D eigenvalue weighted by molar-refractivity contribution is -0.116. The molecule has 8 nitrogen and oxygen atoms in total. The molecule has 0 fully saturated rings. The number of hydrogen-bond acceptors (Lipinski definition) is 7. The Morgan fingerprint density at radius 2 is 1.90 bits per heavy atom. The highest BCUT2D eigenvalue weighted by Gasteiger charge is 2.15. The molecule has 0 aliphatic carbocycles. The molecule has 158 valence electrons. The van der Waals surface area contributed by atoms with Gasteiger partial charge in [-0.1, -0.05) is 41.7 Å². The van der Waals surface area contributed by atoms with Crippen LogP contribution in [0, 0.1) is 0 Å². The third-order valence-corrected chi connectivity index (χ3v) is 5.80. The van der Waals surface area contributed by atoms with Crippen molar-refractivity contribution in [3.05, 3.63) is 76.8 Å². The van der Waals surface area contributed by atoms with Crippen LogP contribution in [-0.4, -0.2) is 34.6 Å². The molecule has 0 aliphatic rings. The first-order valence-electron chi connectivity index (χ1n) is 9.58. The number of hydrogen-bond donors (Lipinski definition) is 1. The van der Waals surface area contributed by atoms with Gasteiger partial charge in [-0.25, -0.2) is 4.98 Å². The summed E-state index contributed by atoms with van der Waals surface area (Å²) in [6.45, 7) is 0.528. The molecule has 1 amide bonds. The molecule has 0 spiro atoms. The van der Waals surface area contributed by atoms with E-state index in [0.717, 1.165) is 5.56 Å². The summed E-state index contributed by atoms with van der Waals surface area (Å²) in [7, 11) is 3.50. The Labute approximate surface area is 182 Å². The summed E-state index contributed by atoms with van der Waals surface area (Å²) in [6, 6.07) is 17.0. The molecule has 4 aromatic rings. The van der Waals surface area contributed by atoms with Crippen LogP contribution in [-0.2, 0) is 17.9 Å². The molecule has 0 radical (unpaired) electrons.